The summed E-state index contributed by atoms with van der Waals surface area (Å²) in [5, 5.41) is 91.9. The Morgan fingerprint density at radius 2 is 0.923 bits per heavy atom. The molecule has 0 unspecified atom stereocenters. The van der Waals surface area contributed by atoms with Crippen LogP contribution in [0.3, 0.4) is 0 Å². The van der Waals surface area contributed by atoms with Crippen LogP contribution in [0.5, 0.6) is 0 Å². The first-order valence-corrected chi connectivity index (χ1v) is 40.6. The highest BCUT2D eigenvalue weighted by Gasteiger charge is 2.43. The summed E-state index contributed by atoms with van der Waals surface area (Å²) in [5.74, 6) is -22.6. The van der Waals surface area contributed by atoms with E-state index in [1.807, 2.05) is 0 Å². The van der Waals surface area contributed by atoms with Crippen molar-refractivity contribution in [2.75, 3.05) is 44.8 Å². The molecule has 44 heteroatoms. The summed E-state index contributed by atoms with van der Waals surface area (Å²) in [5.41, 5.74) is 22.8. The van der Waals surface area contributed by atoms with Gasteiger partial charge in [0.25, 0.3) is 0 Å². The van der Waals surface area contributed by atoms with Gasteiger partial charge in [-0.15, -0.1) is 0 Å². The molecule has 0 bridgehead atoms. The summed E-state index contributed by atoms with van der Waals surface area (Å²) in [7, 11) is 0. The molecular formula is C73H127N19O24S. The Kier molecular flexibility index (Phi) is 48.4. The molecule has 0 aromatic carbocycles. The molecule has 1 rings (SSSR count). The van der Waals surface area contributed by atoms with Gasteiger partial charge in [-0.1, -0.05) is 82.1 Å². The third-order valence-electron chi connectivity index (χ3n) is 19.2. The van der Waals surface area contributed by atoms with Gasteiger partial charge in [0.1, 0.15) is 78.5 Å². The summed E-state index contributed by atoms with van der Waals surface area (Å²) in [6.45, 7) is 15.1. The topological polar surface area (TPSA) is 705 Å². The molecule has 0 aliphatic carbocycles. The fraction of sp³-hybridized carbons (Fsp3) is 0.740. The average Bonchev–Trinajstić information content (AvgIpc) is 1.64. The Balaban J connectivity index is 3.49. The number of unbranched alkanes of at least 4 members (excludes halogenated alkanes) is 1. The molecule has 0 spiro atoms. The summed E-state index contributed by atoms with van der Waals surface area (Å²) >= 11 is 1.43. The van der Waals surface area contributed by atoms with Gasteiger partial charge < -0.3 is 128 Å². The highest BCUT2D eigenvalue weighted by molar-refractivity contribution is 7.98. The third kappa shape index (κ3) is 38.3. The van der Waals surface area contributed by atoms with Crippen LogP contribution in [0, 0.1) is 29.6 Å². The van der Waals surface area contributed by atoms with Crippen molar-refractivity contribution in [2.45, 2.75) is 270 Å². The molecule has 27 N–H and O–H groups in total. The van der Waals surface area contributed by atoms with Crippen LogP contribution in [0.4, 0.5) is 0 Å². The molecule has 17 atom stereocenters. The van der Waals surface area contributed by atoms with Gasteiger partial charge in [0.15, 0.2) is 5.96 Å². The first kappa shape index (κ1) is 105. The standard InChI is InChI=1S/C73H127N19O24S/c1-13-38(9)56(90-62(105)42(19-15-16-27-74)83-68(111)54(36(5)6)88-63(106)45(23-25-52(98)99)80-59(102)41(75)26-30-117-12)67(110)79-33-50(95)87-57(39(10)14-2)69(112)91-58(40(11)94)70(113)85-47(32-53(100)101)64(107)86-48(34-93)71(114)92-29-18-21-49(92)66(109)82-43(20-17-28-78-73(76)77)60(103)81-44(22-24-51(96)97)61(104)84-46(31-35(3)4)65(108)89-55(37(7)8)72(115)116/h35-49,54-58,93-94H,13-34,74-75H2,1-12H3,(H,79,110)(H,80,102)(H,81,103)(H,82,109)(H,83,111)(H,84,104)(H,85,113)(H,86,107)(H,87,95)(H,88,106)(H,89,108)(H,90,105)(H,91,112)(H,96,97)(H,98,99)(H,100,101)(H,115,116)(H4,76,77,78)/t38-,39-,40+,41-,42-,43-,44-,45-,46-,47-,48-,49-,54-,55-,56-,57-,58-/m0/s1. The number of aliphatic hydroxyl groups is 2. The summed E-state index contributed by atoms with van der Waals surface area (Å²) in [6.07, 6.45) is -2.25. The number of carbonyl (C=O) groups excluding carboxylic acids is 14. The number of nitrogens with two attached hydrogens (primary N) is 4. The summed E-state index contributed by atoms with van der Waals surface area (Å²) in [4.78, 5) is 248. The summed E-state index contributed by atoms with van der Waals surface area (Å²) in [6, 6.07) is -21.6. The number of hydrogen-bond donors (Lipinski definition) is 23. The van der Waals surface area contributed by atoms with E-state index in [2.05, 4.69) is 74.1 Å². The molecule has 14 amide bonds. The maximum atomic E-state index is 14.3. The van der Waals surface area contributed by atoms with Gasteiger partial charge in [-0.25, -0.2) is 4.79 Å². The van der Waals surface area contributed by atoms with Crippen LogP contribution < -0.4 is 92.1 Å². The van der Waals surface area contributed by atoms with Crippen LogP contribution >= 0.6 is 11.8 Å². The highest BCUT2D eigenvalue weighted by Crippen LogP contribution is 2.21. The van der Waals surface area contributed by atoms with Crippen LogP contribution in [0.1, 0.15) is 179 Å². The van der Waals surface area contributed by atoms with Crippen LogP contribution in [-0.4, -0.2) is 284 Å². The molecule has 1 fully saturated rings. The number of aliphatic imine (C=N–C) groups is 1. The molecule has 0 aromatic heterocycles. The number of likely N-dealkylation sites (tertiary alicyclic amines) is 1. The van der Waals surface area contributed by atoms with E-state index < -0.39 is 260 Å². The minimum absolute atomic E-state index is 0.0114. The molecule has 1 aliphatic heterocycles. The fourth-order valence-electron chi connectivity index (χ4n) is 12.0. The van der Waals surface area contributed by atoms with Crippen molar-refractivity contribution < 1.29 is 117 Å². The number of carboxylic acids is 4. The van der Waals surface area contributed by atoms with E-state index in [0.29, 0.717) is 18.6 Å². The number of thioether (sulfide) groups is 1. The van der Waals surface area contributed by atoms with Crippen molar-refractivity contribution in [3.8, 4) is 0 Å². The van der Waals surface area contributed by atoms with E-state index in [0.717, 1.165) is 11.8 Å². The molecule has 1 heterocycles. The van der Waals surface area contributed by atoms with Gasteiger partial charge in [0.2, 0.25) is 82.7 Å². The van der Waals surface area contributed by atoms with E-state index in [1.165, 1.54) is 18.7 Å². The molecule has 117 heavy (non-hydrogen) atoms. The number of carboxylic acid groups (broad SMARTS) is 4. The van der Waals surface area contributed by atoms with Gasteiger partial charge in [-0.3, -0.25) is 86.5 Å². The molecule has 0 saturated carbocycles. The average molecular weight is 1690 g/mol. The minimum atomic E-state index is -2.13. The Morgan fingerprint density at radius 3 is 1.41 bits per heavy atom. The Hall–Kier alpha value is -10.1. The normalized spacial score (nSPS) is 16.7. The largest absolute Gasteiger partial charge is 0.481 e. The lowest BCUT2D eigenvalue weighted by molar-refractivity contribution is -0.145. The van der Waals surface area contributed by atoms with Gasteiger partial charge in [-0.2, -0.15) is 11.8 Å². The lowest BCUT2D eigenvalue weighted by Crippen LogP contribution is -2.62. The van der Waals surface area contributed by atoms with Crippen molar-refractivity contribution in [1.82, 2.24) is 74.0 Å². The van der Waals surface area contributed by atoms with Gasteiger partial charge >= 0.3 is 23.9 Å². The first-order chi connectivity index (χ1) is 54.8. The van der Waals surface area contributed by atoms with E-state index >= 15 is 0 Å². The lowest BCUT2D eigenvalue weighted by Gasteiger charge is -2.31. The zero-order valence-corrected chi connectivity index (χ0v) is 69.6. The smallest absolute Gasteiger partial charge is 0.326 e. The Bertz CT molecular complexity index is 3400. The maximum absolute atomic E-state index is 14.3. The highest BCUT2D eigenvalue weighted by atomic mass is 32.2. The van der Waals surface area contributed by atoms with Crippen molar-refractivity contribution in [2.24, 2.45) is 57.5 Å². The predicted molar refractivity (Wildman–Crippen MR) is 425 cm³/mol. The van der Waals surface area contributed by atoms with Crippen LogP contribution in [0.2, 0.25) is 0 Å². The fourth-order valence-corrected chi connectivity index (χ4v) is 12.5. The second-order valence-corrected chi connectivity index (χ2v) is 31.0. The second-order valence-electron chi connectivity index (χ2n) is 30.1. The van der Waals surface area contributed by atoms with Crippen LogP contribution in [0.15, 0.2) is 4.99 Å². The van der Waals surface area contributed by atoms with Gasteiger partial charge in [0, 0.05) is 25.9 Å². The zero-order valence-electron chi connectivity index (χ0n) is 68.7. The van der Waals surface area contributed by atoms with Crippen molar-refractivity contribution in [1.29, 1.82) is 0 Å². The number of amides is 14. The maximum Gasteiger partial charge on any atom is 0.326 e. The molecule has 664 valence electrons. The van der Waals surface area contributed by atoms with Gasteiger partial charge in [0.05, 0.1) is 31.7 Å². The second kappa shape index (κ2) is 54.0. The lowest BCUT2D eigenvalue weighted by atomic mass is 9.96. The molecule has 1 saturated heterocycles. The number of carbonyl (C=O) groups is 18. The number of aliphatic carboxylic acids is 4. The van der Waals surface area contributed by atoms with Crippen LogP contribution in [-0.2, 0) is 86.3 Å². The molecule has 43 nitrogen and oxygen atoms in total. The molecule has 0 radical (unpaired) electrons. The first-order valence-electron chi connectivity index (χ1n) is 39.2. The van der Waals surface area contributed by atoms with E-state index in [4.69, 9.17) is 22.9 Å². The van der Waals surface area contributed by atoms with Crippen molar-refractivity contribution in [3.63, 3.8) is 0 Å². The van der Waals surface area contributed by atoms with Crippen molar-refractivity contribution >= 4 is 124 Å². The molecule has 0 aromatic rings. The van der Waals surface area contributed by atoms with Gasteiger partial charge in [-0.05, 0) is 126 Å². The SMILES string of the molecule is CC[C@H](C)[C@H](NC(=O)CNC(=O)[C@@H](NC(=O)[C@H](CCCCN)NC(=O)[C@@H](NC(=O)[C@H](CCC(=O)O)NC(=O)[C@@H](N)CCSC)C(C)C)[C@@H](C)CC)C(=O)N[C@H](C(=O)N[C@@H](CC(=O)O)C(=O)N[C@@H](CO)C(=O)N1CCC[C@H]1C(=O)N[C@@H](CCCN=C(N)N)C(=O)N[C@@H](CCC(=O)O)C(=O)N[C@@H](CC(C)C)C(=O)N[C@H](C(=O)O)C(C)C)[C@@H](C)O. The monoisotopic (exact) mass is 1690 g/mol. The number of hydrogen-bond acceptors (Lipinski definition) is 24. The number of rotatable bonds is 57. The van der Waals surface area contributed by atoms with E-state index in [9.17, 15) is 117 Å². The third-order valence-corrected chi connectivity index (χ3v) is 19.9. The summed E-state index contributed by atoms with van der Waals surface area (Å²) < 4.78 is 0. The Labute approximate surface area is 684 Å². The Morgan fingerprint density at radius 1 is 0.487 bits per heavy atom. The van der Waals surface area contributed by atoms with Crippen molar-refractivity contribution in [3.05, 3.63) is 0 Å². The van der Waals surface area contributed by atoms with Crippen LogP contribution in [0.25, 0.3) is 0 Å². The molecule has 1 aliphatic rings. The minimum Gasteiger partial charge on any atom is -0.481 e. The van der Waals surface area contributed by atoms with E-state index in [1.54, 1.807) is 68.6 Å². The quantitative estimate of drug-likeness (QED) is 0.0153. The number of aliphatic hydroxyl groups excluding tert-OH is 2. The zero-order chi connectivity index (χ0) is 89.3. The number of guanidine groups is 1. The molecular weight excluding hydrogens is 1560 g/mol. The van der Waals surface area contributed by atoms with E-state index in [-0.39, 0.29) is 95.7 Å². The predicted octanol–water partition coefficient (Wildman–Crippen LogP) is -5.71. The number of nitrogens with one attached hydrogen (secondary N) is 13. The number of nitrogens with zero attached hydrogens (tertiary/aromatic N) is 2.